The van der Waals surface area contributed by atoms with Gasteiger partial charge in [0.1, 0.15) is 11.3 Å². The second-order valence-corrected chi connectivity index (χ2v) is 7.71. The van der Waals surface area contributed by atoms with E-state index in [2.05, 4.69) is 44.1 Å². The average Bonchev–Trinajstić information content (AvgIpc) is 3.16. The molecule has 0 radical (unpaired) electrons. The number of nitrogens with zero attached hydrogens (tertiary/aromatic N) is 3. The first-order chi connectivity index (χ1) is 13.7. The molecule has 28 heavy (non-hydrogen) atoms. The van der Waals surface area contributed by atoms with Gasteiger partial charge in [0.05, 0.1) is 23.5 Å². The van der Waals surface area contributed by atoms with Crippen molar-refractivity contribution in [1.82, 2.24) is 15.0 Å². The highest BCUT2D eigenvalue weighted by atomic mass is 79.9. The normalized spacial score (nSPS) is 12.8. The van der Waals surface area contributed by atoms with E-state index in [1.54, 1.807) is 0 Å². The Morgan fingerprint density at radius 3 is 2.71 bits per heavy atom. The molecule has 4 aromatic rings. The fourth-order valence-corrected chi connectivity index (χ4v) is 4.12. The lowest BCUT2D eigenvalue weighted by molar-refractivity contribution is 0.358. The minimum Gasteiger partial charge on any atom is -0.492 e. The fourth-order valence-electron chi connectivity index (χ4n) is 3.62. The average molecular weight is 433 g/mol. The van der Waals surface area contributed by atoms with Crippen molar-refractivity contribution in [1.29, 1.82) is 0 Å². The summed E-state index contributed by atoms with van der Waals surface area (Å²) in [7, 11) is 0. The quantitative estimate of drug-likeness (QED) is 0.513. The Kier molecular flexibility index (Phi) is 4.20. The number of fused-ring (bicyclic) bond motifs is 2. The van der Waals surface area contributed by atoms with E-state index >= 15 is 0 Å². The maximum Gasteiger partial charge on any atom is 0.220 e. The van der Waals surface area contributed by atoms with Gasteiger partial charge in [0.2, 0.25) is 5.95 Å². The summed E-state index contributed by atoms with van der Waals surface area (Å²) < 4.78 is 6.90. The molecule has 1 aliphatic heterocycles. The third-order valence-corrected chi connectivity index (χ3v) is 5.33. The van der Waals surface area contributed by atoms with Crippen LogP contribution in [0.1, 0.15) is 16.8 Å². The number of pyridine rings is 1. The molecule has 0 bridgehead atoms. The molecule has 0 fully saturated rings. The second-order valence-electron chi connectivity index (χ2n) is 6.80. The Morgan fingerprint density at radius 2 is 1.86 bits per heavy atom. The molecule has 6 heteroatoms. The first kappa shape index (κ1) is 17.1. The number of benzene rings is 2. The van der Waals surface area contributed by atoms with E-state index in [0.29, 0.717) is 13.0 Å². The summed E-state index contributed by atoms with van der Waals surface area (Å²) in [4.78, 5) is 13.8. The molecular weight excluding hydrogens is 416 g/mol. The van der Waals surface area contributed by atoms with Crippen LogP contribution in [-0.2, 0) is 12.8 Å². The summed E-state index contributed by atoms with van der Waals surface area (Å²) in [6.45, 7) is 0.700. The van der Waals surface area contributed by atoms with Crippen LogP contribution < -0.4 is 10.5 Å². The first-order valence-corrected chi connectivity index (χ1v) is 9.89. The van der Waals surface area contributed by atoms with Gasteiger partial charge in [-0.2, -0.15) is 0 Å². The number of hydrogen-bond acceptors (Lipinski definition) is 5. The lowest BCUT2D eigenvalue weighted by Gasteiger charge is -2.11. The van der Waals surface area contributed by atoms with E-state index in [0.717, 1.165) is 50.2 Å². The maximum absolute atomic E-state index is 5.94. The summed E-state index contributed by atoms with van der Waals surface area (Å²) in [6.07, 6.45) is 1.56. The molecule has 138 valence electrons. The third-order valence-electron chi connectivity index (χ3n) is 4.87. The lowest BCUT2D eigenvalue weighted by atomic mass is 10.0. The second kappa shape index (κ2) is 6.87. The van der Waals surface area contributed by atoms with Crippen molar-refractivity contribution in [3.63, 3.8) is 0 Å². The van der Waals surface area contributed by atoms with Crippen LogP contribution in [-0.4, -0.2) is 21.6 Å². The Labute approximate surface area is 170 Å². The van der Waals surface area contributed by atoms with E-state index in [9.17, 15) is 0 Å². The highest BCUT2D eigenvalue weighted by Gasteiger charge is 2.20. The number of rotatable bonds is 3. The molecule has 0 amide bonds. The maximum atomic E-state index is 5.94. The Balaban J connectivity index is 1.67. The number of ether oxygens (including phenoxy) is 1. The van der Waals surface area contributed by atoms with E-state index in [1.165, 1.54) is 5.56 Å². The van der Waals surface area contributed by atoms with E-state index in [1.807, 2.05) is 36.4 Å². The van der Waals surface area contributed by atoms with Crippen LogP contribution in [0.5, 0.6) is 5.75 Å². The van der Waals surface area contributed by atoms with Gasteiger partial charge in [-0.15, -0.1) is 0 Å². The summed E-state index contributed by atoms with van der Waals surface area (Å²) in [5.41, 5.74) is 12.5. The minimum absolute atomic E-state index is 0.264. The zero-order valence-electron chi connectivity index (χ0n) is 15.0. The van der Waals surface area contributed by atoms with Crippen molar-refractivity contribution in [2.45, 2.75) is 12.8 Å². The molecule has 1 aliphatic rings. The molecule has 2 aromatic carbocycles. The van der Waals surface area contributed by atoms with Crippen LogP contribution in [0.2, 0.25) is 0 Å². The molecule has 3 heterocycles. The molecular formula is C22H17BrN4O. The van der Waals surface area contributed by atoms with Crippen LogP contribution >= 0.6 is 15.9 Å². The Morgan fingerprint density at radius 1 is 1.00 bits per heavy atom. The van der Waals surface area contributed by atoms with Gasteiger partial charge in [-0.05, 0) is 35.4 Å². The largest absolute Gasteiger partial charge is 0.492 e. The topological polar surface area (TPSA) is 73.9 Å². The zero-order chi connectivity index (χ0) is 19.1. The van der Waals surface area contributed by atoms with Crippen LogP contribution in [0.25, 0.3) is 22.3 Å². The van der Waals surface area contributed by atoms with Crippen molar-refractivity contribution in [2.75, 3.05) is 12.3 Å². The molecule has 5 nitrogen and oxygen atoms in total. The molecule has 0 aliphatic carbocycles. The SMILES string of the molecule is Nc1nc(Cc2ccccc2)c2nc(-c3cc(Br)cc4c3OCC4)ccc2n1. The summed E-state index contributed by atoms with van der Waals surface area (Å²) in [5, 5.41) is 0. The van der Waals surface area contributed by atoms with Gasteiger partial charge in [-0.3, -0.25) is 0 Å². The zero-order valence-corrected chi connectivity index (χ0v) is 16.6. The Bertz CT molecular complexity index is 1190. The predicted molar refractivity (Wildman–Crippen MR) is 113 cm³/mol. The molecule has 0 saturated heterocycles. The number of hydrogen-bond donors (Lipinski definition) is 1. The molecule has 2 aromatic heterocycles. The molecule has 0 spiro atoms. The van der Waals surface area contributed by atoms with Gasteiger partial charge in [0, 0.05) is 22.9 Å². The van der Waals surface area contributed by atoms with Crippen LogP contribution in [0, 0.1) is 0 Å². The van der Waals surface area contributed by atoms with Crippen LogP contribution in [0.15, 0.2) is 59.1 Å². The summed E-state index contributed by atoms with van der Waals surface area (Å²) >= 11 is 3.61. The predicted octanol–water partition coefficient (Wildman–Crippen LogP) is 4.56. The molecule has 0 saturated carbocycles. The van der Waals surface area contributed by atoms with Gasteiger partial charge in [0.25, 0.3) is 0 Å². The van der Waals surface area contributed by atoms with Crippen molar-refractivity contribution < 1.29 is 4.74 Å². The van der Waals surface area contributed by atoms with Gasteiger partial charge >= 0.3 is 0 Å². The van der Waals surface area contributed by atoms with E-state index in [4.69, 9.17) is 15.5 Å². The standard InChI is InChI=1S/C22H17BrN4O/c23-15-11-14-8-9-28-21(14)16(12-15)17-6-7-18-20(25-17)19(27-22(24)26-18)10-13-4-2-1-3-5-13/h1-7,11-12H,8-10H2,(H2,24,26,27). The Hall–Kier alpha value is -2.99. The fraction of sp³-hybridized carbons (Fsp3) is 0.136. The summed E-state index contributed by atoms with van der Waals surface area (Å²) in [5.74, 6) is 1.18. The number of halogens is 1. The van der Waals surface area contributed by atoms with E-state index in [-0.39, 0.29) is 5.95 Å². The third kappa shape index (κ3) is 3.10. The lowest BCUT2D eigenvalue weighted by Crippen LogP contribution is -2.03. The first-order valence-electron chi connectivity index (χ1n) is 9.10. The van der Waals surface area contributed by atoms with Gasteiger partial charge in [-0.25, -0.2) is 15.0 Å². The molecule has 0 unspecified atom stereocenters. The van der Waals surface area contributed by atoms with Crippen molar-refractivity contribution >= 4 is 32.9 Å². The van der Waals surface area contributed by atoms with Crippen molar-refractivity contribution in [3.8, 4) is 17.0 Å². The van der Waals surface area contributed by atoms with Gasteiger partial charge in [-0.1, -0.05) is 46.3 Å². The molecule has 0 atom stereocenters. The van der Waals surface area contributed by atoms with Crippen LogP contribution in [0.4, 0.5) is 5.95 Å². The summed E-state index contributed by atoms with van der Waals surface area (Å²) in [6, 6.07) is 18.3. The highest BCUT2D eigenvalue weighted by molar-refractivity contribution is 9.10. The monoisotopic (exact) mass is 432 g/mol. The number of anilines is 1. The van der Waals surface area contributed by atoms with Crippen molar-refractivity contribution in [3.05, 3.63) is 75.9 Å². The number of aromatic nitrogens is 3. The van der Waals surface area contributed by atoms with Crippen molar-refractivity contribution in [2.24, 2.45) is 0 Å². The van der Waals surface area contributed by atoms with Gasteiger partial charge in [0.15, 0.2) is 0 Å². The van der Waals surface area contributed by atoms with E-state index < -0.39 is 0 Å². The van der Waals surface area contributed by atoms with Crippen LogP contribution in [0.3, 0.4) is 0 Å². The highest BCUT2D eigenvalue weighted by Crippen LogP contribution is 2.39. The number of nitrogen functional groups attached to an aromatic ring is 1. The molecule has 2 N–H and O–H groups in total. The van der Waals surface area contributed by atoms with Gasteiger partial charge < -0.3 is 10.5 Å². The smallest absolute Gasteiger partial charge is 0.220 e. The minimum atomic E-state index is 0.264. The molecule has 5 rings (SSSR count). The number of nitrogens with two attached hydrogens (primary N) is 1.